The van der Waals surface area contributed by atoms with Crippen LogP contribution in [0, 0.1) is 5.92 Å². The summed E-state index contributed by atoms with van der Waals surface area (Å²) in [6.45, 7) is 5.41. The van der Waals surface area contributed by atoms with Gasteiger partial charge in [0.15, 0.2) is 5.96 Å². The van der Waals surface area contributed by atoms with E-state index in [9.17, 15) is 4.79 Å². The summed E-state index contributed by atoms with van der Waals surface area (Å²) in [6.07, 6.45) is 10.3. The summed E-state index contributed by atoms with van der Waals surface area (Å²) >= 11 is 0. The number of rotatable bonds is 6. The average molecular weight is 404 g/mol. The fourth-order valence-corrected chi connectivity index (χ4v) is 4.53. The van der Waals surface area contributed by atoms with Crippen LogP contribution < -0.4 is 10.2 Å². The molecule has 2 fully saturated rings. The lowest BCUT2D eigenvalue weighted by atomic mass is 9.83. The van der Waals surface area contributed by atoms with Crippen LogP contribution in [0.25, 0.3) is 0 Å². The van der Waals surface area contributed by atoms with Crippen molar-refractivity contribution in [3.05, 3.63) is 12.4 Å². The lowest BCUT2D eigenvalue weighted by Gasteiger charge is -2.37. The molecule has 1 aromatic rings. The number of hydrogen-bond acceptors (Lipinski definition) is 4. The highest BCUT2D eigenvalue weighted by Gasteiger charge is 2.29. The van der Waals surface area contributed by atoms with Crippen molar-refractivity contribution < 1.29 is 4.79 Å². The van der Waals surface area contributed by atoms with Gasteiger partial charge in [0, 0.05) is 38.9 Å². The molecule has 0 spiro atoms. The Morgan fingerprint density at radius 1 is 1.31 bits per heavy atom. The van der Waals surface area contributed by atoms with Crippen molar-refractivity contribution in [3.63, 3.8) is 0 Å². The molecule has 3 rings (SSSR count). The zero-order valence-electron chi connectivity index (χ0n) is 18.5. The quantitative estimate of drug-likeness (QED) is 0.576. The zero-order chi connectivity index (χ0) is 20.8. The number of piperazine rings is 1. The number of aromatic nitrogens is 2. The topological polar surface area (TPSA) is 69.0 Å². The molecule has 8 heteroatoms. The number of amides is 1. The third-order valence-corrected chi connectivity index (χ3v) is 6.14. The Labute approximate surface area is 174 Å². The SMILES string of the molecule is CCNC(=NCC(C1CCCCC1)N(C)C)N1CCN(c2cnn(C)c2)C(=O)C1. The molecule has 1 aliphatic heterocycles. The van der Waals surface area contributed by atoms with E-state index in [-0.39, 0.29) is 5.91 Å². The average Bonchev–Trinajstić information content (AvgIpc) is 3.14. The van der Waals surface area contributed by atoms with Crippen molar-refractivity contribution in [2.24, 2.45) is 18.0 Å². The molecule has 1 atom stereocenters. The van der Waals surface area contributed by atoms with Crippen molar-refractivity contribution in [1.82, 2.24) is 24.9 Å². The second-order valence-corrected chi connectivity index (χ2v) is 8.46. The monoisotopic (exact) mass is 403 g/mol. The first-order valence-corrected chi connectivity index (χ1v) is 11.0. The van der Waals surface area contributed by atoms with Crippen LogP contribution in [-0.2, 0) is 11.8 Å². The van der Waals surface area contributed by atoms with Gasteiger partial charge in [-0.25, -0.2) is 0 Å². The number of guanidine groups is 1. The van der Waals surface area contributed by atoms with E-state index >= 15 is 0 Å². The number of likely N-dealkylation sites (N-methyl/N-ethyl adjacent to an activating group) is 1. The summed E-state index contributed by atoms with van der Waals surface area (Å²) in [4.78, 5) is 24.0. The normalized spacial score (nSPS) is 20.4. The van der Waals surface area contributed by atoms with Crippen LogP contribution in [0.3, 0.4) is 0 Å². The Balaban J connectivity index is 1.66. The van der Waals surface area contributed by atoms with Gasteiger partial charge < -0.3 is 20.0 Å². The molecule has 0 radical (unpaired) electrons. The largest absolute Gasteiger partial charge is 0.357 e. The first kappa shape index (κ1) is 21.6. The van der Waals surface area contributed by atoms with Gasteiger partial charge in [-0.3, -0.25) is 14.5 Å². The van der Waals surface area contributed by atoms with Gasteiger partial charge in [0.1, 0.15) is 6.54 Å². The van der Waals surface area contributed by atoms with Crippen LogP contribution in [0.4, 0.5) is 5.69 Å². The van der Waals surface area contributed by atoms with E-state index in [2.05, 4.69) is 41.2 Å². The molecule has 162 valence electrons. The van der Waals surface area contributed by atoms with Gasteiger partial charge in [0.05, 0.1) is 18.4 Å². The van der Waals surface area contributed by atoms with E-state index in [0.717, 1.165) is 37.2 Å². The third-order valence-electron chi connectivity index (χ3n) is 6.14. The van der Waals surface area contributed by atoms with Gasteiger partial charge >= 0.3 is 0 Å². The van der Waals surface area contributed by atoms with Gasteiger partial charge in [-0.1, -0.05) is 19.3 Å². The summed E-state index contributed by atoms with van der Waals surface area (Å²) in [7, 11) is 6.20. The maximum absolute atomic E-state index is 12.8. The van der Waals surface area contributed by atoms with Crippen molar-refractivity contribution in [1.29, 1.82) is 0 Å². The molecule has 1 aromatic heterocycles. The predicted octanol–water partition coefficient (Wildman–Crippen LogP) is 1.54. The number of anilines is 1. The van der Waals surface area contributed by atoms with E-state index in [0.29, 0.717) is 19.1 Å². The third kappa shape index (κ3) is 5.50. The van der Waals surface area contributed by atoms with E-state index < -0.39 is 0 Å². The van der Waals surface area contributed by atoms with Gasteiger partial charge in [0.2, 0.25) is 5.91 Å². The number of hydrogen-bond donors (Lipinski definition) is 1. The Morgan fingerprint density at radius 2 is 2.07 bits per heavy atom. The molecule has 1 N–H and O–H groups in total. The molecule has 29 heavy (non-hydrogen) atoms. The standard InChI is InChI=1S/C21H37N7O/c1-5-22-21(23-14-19(25(2)3)17-9-7-6-8-10-17)27-11-12-28(20(29)16-27)18-13-24-26(4)15-18/h13,15,17,19H,5-12,14,16H2,1-4H3,(H,22,23). The van der Waals surface area contributed by atoms with Gasteiger partial charge in [-0.05, 0) is 39.8 Å². The summed E-state index contributed by atoms with van der Waals surface area (Å²) in [5, 5.41) is 7.59. The Morgan fingerprint density at radius 3 is 2.66 bits per heavy atom. The van der Waals surface area contributed by atoms with Crippen LogP contribution in [0.5, 0.6) is 0 Å². The molecule has 1 saturated heterocycles. The van der Waals surface area contributed by atoms with Crippen LogP contribution >= 0.6 is 0 Å². The molecule has 0 aromatic carbocycles. The lowest BCUT2D eigenvalue weighted by Crippen LogP contribution is -2.55. The molecule has 2 heterocycles. The minimum Gasteiger partial charge on any atom is -0.357 e. The van der Waals surface area contributed by atoms with Gasteiger partial charge in [-0.15, -0.1) is 0 Å². The fraction of sp³-hybridized carbons (Fsp3) is 0.762. The minimum atomic E-state index is 0.0892. The summed E-state index contributed by atoms with van der Waals surface area (Å²) in [5.74, 6) is 1.66. The molecule has 1 saturated carbocycles. The van der Waals surface area contributed by atoms with E-state index in [1.165, 1.54) is 32.1 Å². The summed E-state index contributed by atoms with van der Waals surface area (Å²) in [6, 6.07) is 0.455. The van der Waals surface area contributed by atoms with Gasteiger partial charge in [-0.2, -0.15) is 5.10 Å². The van der Waals surface area contributed by atoms with Crippen molar-refractivity contribution in [3.8, 4) is 0 Å². The fourth-order valence-electron chi connectivity index (χ4n) is 4.53. The van der Waals surface area contributed by atoms with Crippen LogP contribution in [0.2, 0.25) is 0 Å². The molecule has 2 aliphatic rings. The van der Waals surface area contributed by atoms with Crippen LogP contribution in [0.1, 0.15) is 39.0 Å². The van der Waals surface area contributed by atoms with E-state index in [1.54, 1.807) is 10.9 Å². The maximum atomic E-state index is 12.8. The highest BCUT2D eigenvalue weighted by molar-refractivity contribution is 5.98. The molecule has 1 aliphatic carbocycles. The molecule has 1 amide bonds. The lowest BCUT2D eigenvalue weighted by molar-refractivity contribution is -0.120. The molecule has 0 bridgehead atoms. The number of carbonyl (C=O) groups is 1. The Bertz CT molecular complexity index is 693. The summed E-state index contributed by atoms with van der Waals surface area (Å²) in [5.41, 5.74) is 0.865. The molecule has 8 nitrogen and oxygen atoms in total. The number of nitrogens with zero attached hydrogens (tertiary/aromatic N) is 6. The first-order valence-electron chi connectivity index (χ1n) is 11.0. The number of nitrogens with one attached hydrogen (secondary N) is 1. The van der Waals surface area contributed by atoms with Crippen LogP contribution in [0.15, 0.2) is 17.4 Å². The number of aryl methyl sites for hydroxylation is 1. The second-order valence-electron chi connectivity index (χ2n) is 8.46. The molecular weight excluding hydrogens is 366 g/mol. The minimum absolute atomic E-state index is 0.0892. The highest BCUT2D eigenvalue weighted by atomic mass is 16.2. The van der Waals surface area contributed by atoms with E-state index in [4.69, 9.17) is 4.99 Å². The highest BCUT2D eigenvalue weighted by Crippen LogP contribution is 2.28. The Kier molecular flexibility index (Phi) is 7.52. The Hall–Kier alpha value is -2.09. The van der Waals surface area contributed by atoms with Crippen molar-refractivity contribution >= 4 is 17.6 Å². The molecule has 1 unspecified atom stereocenters. The maximum Gasteiger partial charge on any atom is 0.246 e. The van der Waals surface area contributed by atoms with Gasteiger partial charge in [0.25, 0.3) is 0 Å². The van der Waals surface area contributed by atoms with Crippen molar-refractivity contribution in [2.45, 2.75) is 45.1 Å². The number of aliphatic imine (C=N–C) groups is 1. The zero-order valence-corrected chi connectivity index (χ0v) is 18.5. The van der Waals surface area contributed by atoms with Crippen molar-refractivity contribution in [2.75, 3.05) is 51.7 Å². The smallest absolute Gasteiger partial charge is 0.246 e. The molecular formula is C21H37N7O. The van der Waals surface area contributed by atoms with E-state index in [1.807, 2.05) is 18.1 Å². The number of carbonyl (C=O) groups excluding carboxylic acids is 1. The second kappa shape index (κ2) is 10.1. The first-order chi connectivity index (χ1) is 14.0. The summed E-state index contributed by atoms with van der Waals surface area (Å²) < 4.78 is 1.73. The van der Waals surface area contributed by atoms with Crippen LogP contribution in [-0.4, -0.2) is 84.3 Å². The predicted molar refractivity (Wildman–Crippen MR) is 117 cm³/mol.